The highest BCUT2D eigenvalue weighted by molar-refractivity contribution is 4.80. The van der Waals surface area contributed by atoms with Crippen LogP contribution in [0, 0.1) is 11.8 Å². The maximum absolute atomic E-state index is 2.52. The Morgan fingerprint density at radius 3 is 2.07 bits per heavy atom. The zero-order valence-corrected chi connectivity index (χ0v) is 11.0. The molecule has 0 aromatic carbocycles. The van der Waals surface area contributed by atoms with Crippen LogP contribution in [-0.2, 0) is 0 Å². The molecule has 2 rings (SSSR count). The van der Waals surface area contributed by atoms with Crippen LogP contribution in [0.25, 0.3) is 0 Å². The first-order chi connectivity index (χ1) is 7.08. The maximum atomic E-state index is 2.52. The molecule has 15 heavy (non-hydrogen) atoms. The lowest BCUT2D eigenvalue weighted by Gasteiger charge is -2.56. The first kappa shape index (κ1) is 11.4. The predicted octanol–water partition coefficient (Wildman–Crippen LogP) is 3.44. The number of hydrogen-bond donors (Lipinski definition) is 0. The van der Waals surface area contributed by atoms with Gasteiger partial charge in [0, 0.05) is 12.3 Å². The molecule has 0 aromatic rings. The highest BCUT2D eigenvalue weighted by atomic mass is 15.4. The Morgan fingerprint density at radius 2 is 1.47 bits per heavy atom. The van der Waals surface area contributed by atoms with E-state index >= 15 is 0 Å². The summed E-state index contributed by atoms with van der Waals surface area (Å²) in [6.07, 6.45) is 5.86. The summed E-state index contributed by atoms with van der Waals surface area (Å²) in [6, 6.07) is 1.80. The minimum atomic E-state index is 0.893. The average molecular weight is 210 g/mol. The van der Waals surface area contributed by atoms with Crippen molar-refractivity contribution in [2.24, 2.45) is 11.8 Å². The molecule has 1 heteroatoms. The monoisotopic (exact) mass is 210 g/mol. The van der Waals surface area contributed by atoms with E-state index in [1.165, 1.54) is 43.3 Å². The fourth-order valence-corrected chi connectivity index (χ4v) is 4.26. The molecule has 0 aliphatic carbocycles. The number of piperidine rings is 2. The summed E-state index contributed by atoms with van der Waals surface area (Å²) >= 11 is 0. The number of nitrogens with zero attached hydrogens (tertiary/aromatic N) is 1. The van der Waals surface area contributed by atoms with Crippen LogP contribution in [0.5, 0.6) is 0 Å². The van der Waals surface area contributed by atoms with Crippen LogP contribution in [0.4, 0.5) is 0 Å². The first-order valence-corrected chi connectivity index (χ1v) is 6.94. The van der Waals surface area contributed by atoms with Gasteiger partial charge >= 0.3 is 0 Å². The lowest BCUT2D eigenvalue weighted by molar-refractivity contribution is -0.983. The summed E-state index contributed by atoms with van der Waals surface area (Å²) in [5.74, 6) is 1.85. The van der Waals surface area contributed by atoms with Gasteiger partial charge in [0.15, 0.2) is 0 Å². The van der Waals surface area contributed by atoms with Crippen molar-refractivity contribution in [1.82, 2.24) is 0 Å². The molecule has 2 fully saturated rings. The van der Waals surface area contributed by atoms with Crippen LogP contribution in [0.3, 0.4) is 0 Å². The third-order valence-electron chi connectivity index (χ3n) is 5.71. The molecule has 2 aliphatic heterocycles. The van der Waals surface area contributed by atoms with Gasteiger partial charge in [-0.15, -0.1) is 0 Å². The van der Waals surface area contributed by atoms with E-state index in [1.54, 1.807) is 0 Å². The third kappa shape index (κ3) is 1.73. The summed E-state index contributed by atoms with van der Waals surface area (Å²) in [7, 11) is 0. The van der Waals surface area contributed by atoms with Gasteiger partial charge in [0.25, 0.3) is 0 Å². The molecule has 2 aliphatic rings. The molecule has 0 bridgehead atoms. The fourth-order valence-electron chi connectivity index (χ4n) is 4.26. The Balaban J connectivity index is 2.20. The number of quaternary nitrogens is 1. The molecule has 4 unspecified atom stereocenters. The molecule has 1 nitrogen and oxygen atoms in total. The molecule has 2 saturated heterocycles. The molecule has 88 valence electrons. The molecular weight excluding hydrogens is 182 g/mol. The molecule has 0 amide bonds. The molecular formula is C14H28N+. The second-order valence-corrected chi connectivity index (χ2v) is 6.27. The molecule has 0 N–H and O–H groups in total. The topological polar surface area (TPSA) is 0 Å². The van der Waals surface area contributed by atoms with E-state index in [2.05, 4.69) is 27.7 Å². The SMILES string of the molecule is CC1CC(C)[N+]2(CCCCC2)C(C)C1C. The molecule has 0 saturated carbocycles. The van der Waals surface area contributed by atoms with E-state index in [9.17, 15) is 0 Å². The van der Waals surface area contributed by atoms with E-state index in [0.29, 0.717) is 0 Å². The van der Waals surface area contributed by atoms with Gasteiger partial charge in [-0.05, 0) is 39.0 Å². The smallest absolute Gasteiger partial charge is 0.0892 e. The summed E-state index contributed by atoms with van der Waals surface area (Å²) in [4.78, 5) is 0. The minimum Gasteiger partial charge on any atom is -0.319 e. The van der Waals surface area contributed by atoms with Gasteiger partial charge in [-0.2, -0.15) is 0 Å². The Bertz CT molecular complexity index is 217. The minimum absolute atomic E-state index is 0.893. The van der Waals surface area contributed by atoms with Crippen LogP contribution in [0.15, 0.2) is 0 Å². The van der Waals surface area contributed by atoms with E-state index in [-0.39, 0.29) is 0 Å². The van der Waals surface area contributed by atoms with Crippen molar-refractivity contribution < 1.29 is 4.48 Å². The maximum Gasteiger partial charge on any atom is 0.0892 e. The highest BCUT2D eigenvalue weighted by Gasteiger charge is 2.48. The lowest BCUT2D eigenvalue weighted by Crippen LogP contribution is -2.67. The van der Waals surface area contributed by atoms with E-state index < -0.39 is 0 Å². The van der Waals surface area contributed by atoms with E-state index in [4.69, 9.17) is 0 Å². The molecule has 0 radical (unpaired) electrons. The largest absolute Gasteiger partial charge is 0.319 e. The number of rotatable bonds is 0. The van der Waals surface area contributed by atoms with Crippen LogP contribution in [-0.4, -0.2) is 29.7 Å². The fraction of sp³-hybridized carbons (Fsp3) is 1.00. The Kier molecular flexibility index (Phi) is 3.12. The second kappa shape index (κ2) is 4.08. The van der Waals surface area contributed by atoms with Crippen LogP contribution in [0.2, 0.25) is 0 Å². The zero-order valence-electron chi connectivity index (χ0n) is 11.0. The van der Waals surface area contributed by atoms with Gasteiger partial charge in [0.05, 0.1) is 25.2 Å². The van der Waals surface area contributed by atoms with Gasteiger partial charge in [-0.25, -0.2) is 0 Å². The second-order valence-electron chi connectivity index (χ2n) is 6.27. The van der Waals surface area contributed by atoms with Crippen molar-refractivity contribution in [2.75, 3.05) is 13.1 Å². The van der Waals surface area contributed by atoms with Crippen molar-refractivity contribution in [1.29, 1.82) is 0 Å². The van der Waals surface area contributed by atoms with Gasteiger partial charge < -0.3 is 4.48 Å². The van der Waals surface area contributed by atoms with Gasteiger partial charge in [0.2, 0.25) is 0 Å². The quantitative estimate of drug-likeness (QED) is 0.537. The first-order valence-electron chi connectivity index (χ1n) is 6.94. The van der Waals surface area contributed by atoms with Crippen molar-refractivity contribution >= 4 is 0 Å². The van der Waals surface area contributed by atoms with Gasteiger partial charge in [-0.1, -0.05) is 13.8 Å². The lowest BCUT2D eigenvalue weighted by atomic mass is 9.76. The molecule has 4 atom stereocenters. The van der Waals surface area contributed by atoms with Crippen molar-refractivity contribution in [3.8, 4) is 0 Å². The van der Waals surface area contributed by atoms with Crippen molar-refractivity contribution in [3.63, 3.8) is 0 Å². The highest BCUT2D eigenvalue weighted by Crippen LogP contribution is 2.40. The average Bonchev–Trinajstić information content (AvgIpc) is 2.26. The van der Waals surface area contributed by atoms with Crippen molar-refractivity contribution in [3.05, 3.63) is 0 Å². The van der Waals surface area contributed by atoms with Crippen molar-refractivity contribution in [2.45, 2.75) is 65.5 Å². The van der Waals surface area contributed by atoms with Crippen LogP contribution >= 0.6 is 0 Å². The Hall–Kier alpha value is -0.0400. The molecule has 2 heterocycles. The molecule has 1 spiro atoms. The Morgan fingerprint density at radius 1 is 0.867 bits per heavy atom. The van der Waals surface area contributed by atoms with Crippen LogP contribution < -0.4 is 0 Å². The Labute approximate surface area is 95.4 Å². The number of hydrogen-bond acceptors (Lipinski definition) is 0. The normalized spacial score (nSPS) is 45.6. The van der Waals surface area contributed by atoms with E-state index in [0.717, 1.165) is 23.9 Å². The third-order valence-corrected chi connectivity index (χ3v) is 5.71. The molecule has 0 aromatic heterocycles. The van der Waals surface area contributed by atoms with Gasteiger partial charge in [0.1, 0.15) is 0 Å². The van der Waals surface area contributed by atoms with Gasteiger partial charge in [-0.3, -0.25) is 0 Å². The summed E-state index contributed by atoms with van der Waals surface area (Å²) in [6.45, 7) is 12.9. The summed E-state index contributed by atoms with van der Waals surface area (Å²) in [5, 5.41) is 0. The zero-order chi connectivity index (χ0) is 11.1. The standard InChI is InChI=1S/C14H28N/c1-11-10-12(2)15(14(4)13(11)3)8-6-5-7-9-15/h11-14H,5-10H2,1-4H3/q+1. The predicted molar refractivity (Wildman–Crippen MR) is 65.7 cm³/mol. The van der Waals surface area contributed by atoms with Crippen LogP contribution in [0.1, 0.15) is 53.4 Å². The summed E-state index contributed by atoms with van der Waals surface area (Å²) < 4.78 is 1.45. The van der Waals surface area contributed by atoms with E-state index in [1.807, 2.05) is 0 Å². The summed E-state index contributed by atoms with van der Waals surface area (Å²) in [5.41, 5.74) is 0.